The summed E-state index contributed by atoms with van der Waals surface area (Å²) in [5.74, 6) is 0. The number of rotatable bonds is 0. The third kappa shape index (κ3) is 0.665. The Labute approximate surface area is 64.3 Å². The van der Waals surface area contributed by atoms with E-state index in [1.54, 1.807) is 0 Å². The SMILES string of the molecule is N#Cc1c(N)cc2n1C=CC2. The molecule has 0 spiro atoms. The van der Waals surface area contributed by atoms with Crippen LogP contribution < -0.4 is 5.73 Å². The van der Waals surface area contributed by atoms with Crippen LogP contribution in [-0.2, 0) is 6.42 Å². The molecule has 11 heavy (non-hydrogen) atoms. The molecular weight excluding hydrogens is 138 g/mol. The third-order valence-electron chi connectivity index (χ3n) is 1.83. The Bertz CT molecular complexity index is 365. The van der Waals surface area contributed by atoms with Crippen molar-refractivity contribution in [3.63, 3.8) is 0 Å². The molecule has 1 aromatic rings. The molecule has 3 nitrogen and oxygen atoms in total. The summed E-state index contributed by atoms with van der Waals surface area (Å²) in [4.78, 5) is 0. The largest absolute Gasteiger partial charge is 0.396 e. The monoisotopic (exact) mass is 145 g/mol. The molecular formula is C8H7N3. The van der Waals surface area contributed by atoms with Gasteiger partial charge in [0.2, 0.25) is 0 Å². The van der Waals surface area contributed by atoms with Crippen molar-refractivity contribution in [1.82, 2.24) is 4.57 Å². The van der Waals surface area contributed by atoms with E-state index in [0.29, 0.717) is 11.4 Å². The molecule has 0 fully saturated rings. The second-order valence-corrected chi connectivity index (χ2v) is 2.51. The maximum atomic E-state index is 8.69. The highest BCUT2D eigenvalue weighted by Gasteiger charge is 2.12. The molecule has 2 rings (SSSR count). The third-order valence-corrected chi connectivity index (χ3v) is 1.83. The van der Waals surface area contributed by atoms with Crippen LogP contribution in [0.2, 0.25) is 0 Å². The van der Waals surface area contributed by atoms with Gasteiger partial charge in [-0.15, -0.1) is 0 Å². The van der Waals surface area contributed by atoms with Crippen molar-refractivity contribution in [2.75, 3.05) is 5.73 Å². The van der Waals surface area contributed by atoms with Crippen molar-refractivity contribution < 1.29 is 0 Å². The Morgan fingerprint density at radius 3 is 3.18 bits per heavy atom. The summed E-state index contributed by atoms with van der Waals surface area (Å²) >= 11 is 0. The van der Waals surface area contributed by atoms with E-state index in [9.17, 15) is 0 Å². The summed E-state index contributed by atoms with van der Waals surface area (Å²) in [6, 6.07) is 3.91. The molecule has 54 valence electrons. The van der Waals surface area contributed by atoms with E-state index in [1.807, 2.05) is 22.9 Å². The summed E-state index contributed by atoms with van der Waals surface area (Å²) in [5.41, 5.74) is 7.81. The second-order valence-electron chi connectivity index (χ2n) is 2.51. The quantitative estimate of drug-likeness (QED) is 0.591. The number of allylic oxidation sites excluding steroid dienone is 1. The smallest absolute Gasteiger partial charge is 0.147 e. The minimum absolute atomic E-state index is 0.550. The van der Waals surface area contributed by atoms with Crippen LogP contribution in [0.5, 0.6) is 0 Å². The number of nitrogens with zero attached hydrogens (tertiary/aromatic N) is 2. The van der Waals surface area contributed by atoms with Gasteiger partial charge in [-0.3, -0.25) is 0 Å². The minimum Gasteiger partial charge on any atom is -0.396 e. The molecule has 2 N–H and O–H groups in total. The van der Waals surface area contributed by atoms with E-state index in [2.05, 4.69) is 6.07 Å². The lowest BCUT2D eigenvalue weighted by molar-refractivity contribution is 1.07. The van der Waals surface area contributed by atoms with Crippen molar-refractivity contribution in [3.8, 4) is 6.07 Å². The highest BCUT2D eigenvalue weighted by Crippen LogP contribution is 2.22. The number of hydrogen-bond donors (Lipinski definition) is 1. The lowest BCUT2D eigenvalue weighted by atomic mass is 10.3. The number of hydrogen-bond acceptors (Lipinski definition) is 2. The fourth-order valence-electron chi connectivity index (χ4n) is 1.32. The lowest BCUT2D eigenvalue weighted by Gasteiger charge is -1.93. The van der Waals surface area contributed by atoms with E-state index in [4.69, 9.17) is 11.0 Å². The van der Waals surface area contributed by atoms with Crippen LogP contribution >= 0.6 is 0 Å². The molecule has 0 amide bonds. The molecule has 0 aromatic carbocycles. The van der Waals surface area contributed by atoms with E-state index in [1.165, 1.54) is 0 Å². The Hall–Kier alpha value is -1.69. The van der Waals surface area contributed by atoms with Gasteiger partial charge in [-0.2, -0.15) is 5.26 Å². The molecule has 1 aliphatic rings. The van der Waals surface area contributed by atoms with Crippen molar-refractivity contribution in [1.29, 1.82) is 5.26 Å². The van der Waals surface area contributed by atoms with Gasteiger partial charge in [0.1, 0.15) is 11.8 Å². The van der Waals surface area contributed by atoms with Crippen LogP contribution in [0.4, 0.5) is 5.69 Å². The van der Waals surface area contributed by atoms with E-state index < -0.39 is 0 Å². The number of nitrogen functional groups attached to an aromatic ring is 1. The highest BCUT2D eigenvalue weighted by molar-refractivity contribution is 5.59. The van der Waals surface area contributed by atoms with Crippen molar-refractivity contribution >= 4 is 11.9 Å². The first-order valence-corrected chi connectivity index (χ1v) is 3.39. The van der Waals surface area contributed by atoms with Gasteiger partial charge in [-0.05, 0) is 6.07 Å². The van der Waals surface area contributed by atoms with Gasteiger partial charge in [0.25, 0.3) is 0 Å². The van der Waals surface area contributed by atoms with E-state index >= 15 is 0 Å². The molecule has 0 saturated carbocycles. The van der Waals surface area contributed by atoms with Crippen LogP contribution in [0.3, 0.4) is 0 Å². The average Bonchev–Trinajstić information content (AvgIpc) is 2.46. The lowest BCUT2D eigenvalue weighted by Crippen LogP contribution is -1.92. The molecule has 0 radical (unpaired) electrons. The Balaban J connectivity index is 2.71. The maximum Gasteiger partial charge on any atom is 0.147 e. The van der Waals surface area contributed by atoms with Gasteiger partial charge in [-0.25, -0.2) is 0 Å². The predicted molar refractivity (Wildman–Crippen MR) is 42.6 cm³/mol. The summed E-state index contributed by atoms with van der Waals surface area (Å²) in [6.07, 6.45) is 4.77. The average molecular weight is 145 g/mol. The fraction of sp³-hybridized carbons (Fsp3) is 0.125. The normalized spacial score (nSPS) is 13.0. The fourth-order valence-corrected chi connectivity index (χ4v) is 1.32. The van der Waals surface area contributed by atoms with E-state index in [-0.39, 0.29) is 0 Å². The molecule has 0 atom stereocenters. The van der Waals surface area contributed by atoms with Crippen molar-refractivity contribution in [3.05, 3.63) is 23.5 Å². The number of fused-ring (bicyclic) bond motifs is 1. The zero-order valence-electron chi connectivity index (χ0n) is 5.91. The predicted octanol–water partition coefficient (Wildman–Crippen LogP) is 0.969. The molecule has 0 saturated heterocycles. The molecule has 1 aliphatic heterocycles. The second kappa shape index (κ2) is 1.89. The zero-order valence-corrected chi connectivity index (χ0v) is 5.91. The maximum absolute atomic E-state index is 8.69. The Morgan fingerprint density at radius 2 is 2.45 bits per heavy atom. The molecule has 1 aromatic heterocycles. The molecule has 3 heteroatoms. The van der Waals surface area contributed by atoms with Crippen LogP contribution in [0.1, 0.15) is 11.4 Å². The van der Waals surface area contributed by atoms with Crippen molar-refractivity contribution in [2.24, 2.45) is 0 Å². The first-order chi connectivity index (χ1) is 5.33. The summed E-state index contributed by atoms with van der Waals surface area (Å²) in [7, 11) is 0. The first kappa shape index (κ1) is 6.05. The van der Waals surface area contributed by atoms with Gasteiger partial charge in [0.05, 0.1) is 5.69 Å². The highest BCUT2D eigenvalue weighted by atomic mass is 15.0. The van der Waals surface area contributed by atoms with Gasteiger partial charge in [-0.1, -0.05) is 6.08 Å². The summed E-state index contributed by atoms with van der Waals surface area (Å²) < 4.78 is 1.83. The standard InChI is InChI=1S/C8H7N3/c9-5-8-7(10)4-6-2-1-3-11(6)8/h1,3-4H,2,10H2. The minimum atomic E-state index is 0.550. The molecule has 2 heterocycles. The Morgan fingerprint density at radius 1 is 1.64 bits per heavy atom. The molecule has 0 unspecified atom stereocenters. The van der Waals surface area contributed by atoms with Crippen LogP contribution in [0.15, 0.2) is 12.1 Å². The number of anilines is 1. The molecule has 0 aliphatic carbocycles. The van der Waals surface area contributed by atoms with Crippen LogP contribution in [0.25, 0.3) is 6.20 Å². The van der Waals surface area contributed by atoms with Crippen LogP contribution in [-0.4, -0.2) is 4.57 Å². The summed E-state index contributed by atoms with van der Waals surface area (Å²) in [6.45, 7) is 0. The topological polar surface area (TPSA) is 54.7 Å². The van der Waals surface area contributed by atoms with Gasteiger partial charge < -0.3 is 10.3 Å². The van der Waals surface area contributed by atoms with Gasteiger partial charge >= 0.3 is 0 Å². The number of nitrogens with two attached hydrogens (primary N) is 1. The van der Waals surface area contributed by atoms with Gasteiger partial charge in [0.15, 0.2) is 0 Å². The van der Waals surface area contributed by atoms with Crippen molar-refractivity contribution in [2.45, 2.75) is 6.42 Å². The van der Waals surface area contributed by atoms with E-state index in [0.717, 1.165) is 12.1 Å². The number of aromatic nitrogens is 1. The summed E-state index contributed by atoms with van der Waals surface area (Å²) in [5, 5.41) is 8.69. The zero-order chi connectivity index (χ0) is 7.84. The number of nitriles is 1. The molecule has 0 bridgehead atoms. The first-order valence-electron chi connectivity index (χ1n) is 3.39. The Kier molecular flexibility index (Phi) is 1.04. The van der Waals surface area contributed by atoms with Crippen LogP contribution in [0, 0.1) is 11.3 Å². The van der Waals surface area contributed by atoms with Gasteiger partial charge in [0, 0.05) is 18.3 Å².